The van der Waals surface area contributed by atoms with E-state index in [-0.39, 0.29) is 35.4 Å². The maximum atomic E-state index is 14.6. The molecule has 1 aromatic rings. The molecule has 4 aliphatic rings. The molecule has 6 atom stereocenters. The lowest BCUT2D eigenvalue weighted by Gasteiger charge is -2.38. The number of fused-ring (bicyclic) bond motifs is 1. The average molecular weight is 680 g/mol. The largest absolute Gasteiger partial charge is 0.347 e. The van der Waals surface area contributed by atoms with Crippen LogP contribution >= 0.6 is 0 Å². The molecule has 5 amide bonds. The topological polar surface area (TPSA) is 180 Å². The van der Waals surface area contributed by atoms with Gasteiger partial charge in [-0.3, -0.25) is 33.8 Å². The Bertz CT molecular complexity index is 1390. The highest BCUT2D eigenvalue weighted by molar-refractivity contribution is 6.38. The van der Waals surface area contributed by atoms with Crippen LogP contribution < -0.4 is 21.3 Å². The molecule has 13 heteroatoms. The minimum absolute atomic E-state index is 0.0132. The van der Waals surface area contributed by atoms with Gasteiger partial charge in [-0.15, -0.1) is 0 Å². The molecule has 1 aromatic heterocycles. The Morgan fingerprint density at radius 1 is 0.898 bits per heavy atom. The van der Waals surface area contributed by atoms with Crippen molar-refractivity contribution in [1.82, 2.24) is 36.1 Å². The number of likely N-dealkylation sites (tertiary alicyclic amines) is 1. The number of amides is 5. The second-order valence-corrected chi connectivity index (χ2v) is 15.5. The molecule has 0 radical (unpaired) electrons. The third-order valence-corrected chi connectivity index (χ3v) is 10.7. The van der Waals surface area contributed by atoms with Crippen LogP contribution in [0.5, 0.6) is 0 Å². The number of Topliss-reactive ketones (excluding diaryl/α,β-unsaturated/α-hetero) is 1. The van der Waals surface area contributed by atoms with Crippen molar-refractivity contribution in [3.8, 4) is 0 Å². The molecular weight excluding hydrogens is 626 g/mol. The molecule has 2 unspecified atom stereocenters. The number of carbonyl (C=O) groups excluding carboxylic acids is 6. The molecule has 3 saturated carbocycles. The molecule has 0 aromatic carbocycles. The molecule has 0 spiro atoms. The Balaban J connectivity index is 1.36. The first-order valence-corrected chi connectivity index (χ1v) is 18.2. The van der Waals surface area contributed by atoms with E-state index in [2.05, 4.69) is 31.2 Å². The van der Waals surface area contributed by atoms with Crippen LogP contribution in [0.2, 0.25) is 0 Å². The molecule has 3 aliphatic carbocycles. The second-order valence-electron chi connectivity index (χ2n) is 15.5. The van der Waals surface area contributed by atoms with Crippen molar-refractivity contribution in [1.29, 1.82) is 0 Å². The summed E-state index contributed by atoms with van der Waals surface area (Å²) in [5, 5.41) is 11.5. The maximum absolute atomic E-state index is 14.6. The van der Waals surface area contributed by atoms with Gasteiger partial charge in [0.2, 0.25) is 23.5 Å². The zero-order chi connectivity index (χ0) is 35.3. The van der Waals surface area contributed by atoms with Gasteiger partial charge in [0.25, 0.3) is 11.8 Å². The van der Waals surface area contributed by atoms with E-state index in [4.69, 9.17) is 0 Å². The number of hydrogen-bond acceptors (Lipinski definition) is 8. The van der Waals surface area contributed by atoms with Crippen LogP contribution in [0.15, 0.2) is 18.6 Å². The van der Waals surface area contributed by atoms with Crippen molar-refractivity contribution in [2.75, 3.05) is 6.54 Å². The van der Waals surface area contributed by atoms with Crippen molar-refractivity contribution in [3.05, 3.63) is 24.3 Å². The Kier molecular flexibility index (Phi) is 11.7. The number of aromatic nitrogens is 2. The summed E-state index contributed by atoms with van der Waals surface area (Å²) in [7, 11) is 0. The first kappa shape index (κ1) is 36.4. The van der Waals surface area contributed by atoms with E-state index in [1.807, 2.05) is 27.7 Å². The zero-order valence-corrected chi connectivity index (χ0v) is 29.3. The normalized spacial score (nSPS) is 24.2. The van der Waals surface area contributed by atoms with Crippen molar-refractivity contribution >= 4 is 35.3 Å². The van der Waals surface area contributed by atoms with Crippen molar-refractivity contribution in [3.63, 3.8) is 0 Å². The van der Waals surface area contributed by atoms with E-state index < -0.39 is 59.0 Å². The van der Waals surface area contributed by atoms with Gasteiger partial charge in [0.1, 0.15) is 23.8 Å². The Morgan fingerprint density at radius 3 is 2.27 bits per heavy atom. The number of rotatable bonds is 13. The van der Waals surface area contributed by atoms with Crippen molar-refractivity contribution < 1.29 is 28.8 Å². The van der Waals surface area contributed by atoms with E-state index in [9.17, 15) is 28.8 Å². The monoisotopic (exact) mass is 679 g/mol. The fraction of sp³-hybridized carbons (Fsp3) is 0.722. The number of carbonyl (C=O) groups is 6. The first-order chi connectivity index (χ1) is 23.4. The summed E-state index contributed by atoms with van der Waals surface area (Å²) in [6, 6.07) is -3.68. The average Bonchev–Trinajstić information content (AvgIpc) is 3.65. The standard InChI is InChI=1S/C36H53N7O6/c1-5-10-25(29(44)34(48)39-23-15-16-23)40-33(47)28-24-14-9-13-22(24)20-43(28)35(49)30(36(2,3)4)42-32(46)27(21-11-7-6-8-12-21)41-31(45)26-19-37-17-18-38-26/h17-19,21-25,27-28,30H,5-16,20H2,1-4H3,(H,39,48)(H,40,47)(H,41,45)(H,42,46)/t22-,24+,25+,27-,28?,30?/m1/s1. The van der Waals surface area contributed by atoms with Gasteiger partial charge in [-0.25, -0.2) is 4.98 Å². The number of hydrogen-bond donors (Lipinski definition) is 4. The van der Waals surface area contributed by atoms with Crippen molar-refractivity contribution in [2.45, 2.75) is 135 Å². The molecule has 13 nitrogen and oxygen atoms in total. The smallest absolute Gasteiger partial charge is 0.289 e. The first-order valence-electron chi connectivity index (χ1n) is 18.2. The summed E-state index contributed by atoms with van der Waals surface area (Å²) < 4.78 is 0. The SMILES string of the molecule is CCC[C@H](NC(=O)C1[C@H]2CCC[C@@H]2CN1C(=O)C(NC(=O)[C@H](NC(=O)c1cnccn1)C1CCCCC1)C(C)(C)C)C(=O)C(=O)NC1CC1. The predicted molar refractivity (Wildman–Crippen MR) is 181 cm³/mol. The van der Waals surface area contributed by atoms with E-state index in [1.54, 1.807) is 4.90 Å². The van der Waals surface area contributed by atoms with E-state index >= 15 is 0 Å². The molecule has 0 bridgehead atoms. The predicted octanol–water partition coefficient (Wildman–Crippen LogP) is 2.45. The van der Waals surface area contributed by atoms with E-state index in [0.717, 1.165) is 64.2 Å². The molecule has 5 rings (SSSR count). The quantitative estimate of drug-likeness (QED) is 0.230. The maximum Gasteiger partial charge on any atom is 0.289 e. The summed E-state index contributed by atoms with van der Waals surface area (Å²) in [5.74, 6) is -3.20. The van der Waals surface area contributed by atoms with Crippen molar-refractivity contribution in [2.24, 2.45) is 23.2 Å². The molecule has 49 heavy (non-hydrogen) atoms. The highest BCUT2D eigenvalue weighted by Crippen LogP contribution is 2.43. The van der Waals surface area contributed by atoms with Gasteiger partial charge in [-0.05, 0) is 68.1 Å². The molecule has 4 fully saturated rings. The van der Waals surface area contributed by atoms with Crippen LogP contribution in [0, 0.1) is 23.2 Å². The number of ketones is 1. The van der Waals surface area contributed by atoms with Crippen LogP contribution in [0.3, 0.4) is 0 Å². The second kappa shape index (κ2) is 15.8. The van der Waals surface area contributed by atoms with E-state index in [1.165, 1.54) is 18.6 Å². The fourth-order valence-electron chi connectivity index (χ4n) is 7.87. The molecule has 1 saturated heterocycles. The molecule has 268 valence electrons. The van der Waals surface area contributed by atoms with Gasteiger partial charge in [0, 0.05) is 25.0 Å². The van der Waals surface area contributed by atoms with Gasteiger partial charge < -0.3 is 26.2 Å². The van der Waals surface area contributed by atoms with Crippen LogP contribution in [-0.4, -0.2) is 86.9 Å². The van der Waals surface area contributed by atoms with Gasteiger partial charge in [0.15, 0.2) is 0 Å². The number of nitrogens with zero attached hydrogens (tertiary/aromatic N) is 3. The van der Waals surface area contributed by atoms with Crippen LogP contribution in [0.4, 0.5) is 0 Å². The minimum Gasteiger partial charge on any atom is -0.347 e. The lowest BCUT2D eigenvalue weighted by atomic mass is 9.82. The minimum atomic E-state index is -0.994. The fourth-order valence-corrected chi connectivity index (χ4v) is 7.87. The van der Waals surface area contributed by atoms with Crippen LogP contribution in [0.25, 0.3) is 0 Å². The highest BCUT2D eigenvalue weighted by atomic mass is 16.2. The van der Waals surface area contributed by atoms with Gasteiger partial charge in [-0.2, -0.15) is 0 Å². The van der Waals surface area contributed by atoms with Gasteiger partial charge in [-0.1, -0.05) is 59.8 Å². The van der Waals surface area contributed by atoms with Crippen LogP contribution in [-0.2, 0) is 24.0 Å². The van der Waals surface area contributed by atoms with Crippen LogP contribution in [0.1, 0.15) is 115 Å². The third-order valence-electron chi connectivity index (χ3n) is 10.7. The highest BCUT2D eigenvalue weighted by Gasteiger charge is 2.52. The summed E-state index contributed by atoms with van der Waals surface area (Å²) in [4.78, 5) is 91.4. The Morgan fingerprint density at radius 2 is 1.63 bits per heavy atom. The third kappa shape index (κ3) is 8.83. The zero-order valence-electron chi connectivity index (χ0n) is 29.3. The summed E-state index contributed by atoms with van der Waals surface area (Å²) >= 11 is 0. The Labute approximate surface area is 288 Å². The van der Waals surface area contributed by atoms with Gasteiger partial charge >= 0.3 is 0 Å². The Hall–Kier alpha value is -3.90. The molecular formula is C36H53N7O6. The summed E-state index contributed by atoms with van der Waals surface area (Å²) in [6.45, 7) is 7.85. The lowest BCUT2D eigenvalue weighted by molar-refractivity contribution is -0.146. The van der Waals surface area contributed by atoms with Gasteiger partial charge in [0.05, 0.1) is 12.2 Å². The summed E-state index contributed by atoms with van der Waals surface area (Å²) in [5.41, 5.74) is -0.638. The van der Waals surface area contributed by atoms with E-state index in [0.29, 0.717) is 19.4 Å². The molecule has 2 heterocycles. The number of nitrogens with one attached hydrogen (secondary N) is 4. The molecule has 4 N–H and O–H groups in total. The summed E-state index contributed by atoms with van der Waals surface area (Å²) in [6.07, 6.45) is 13.9. The molecule has 1 aliphatic heterocycles. The lowest BCUT2D eigenvalue weighted by Crippen LogP contribution is -2.62.